The van der Waals surface area contributed by atoms with Gasteiger partial charge < -0.3 is 9.84 Å². The number of ether oxygens (including phenoxy) is 1. The highest BCUT2D eigenvalue weighted by Gasteiger charge is 2.29. The van der Waals surface area contributed by atoms with Crippen molar-refractivity contribution in [2.45, 2.75) is 43.3 Å². The van der Waals surface area contributed by atoms with Crippen molar-refractivity contribution in [3.8, 4) is 11.6 Å². The van der Waals surface area contributed by atoms with Crippen LogP contribution in [-0.4, -0.2) is 36.3 Å². The molecule has 1 aromatic carbocycles. The fourth-order valence-corrected chi connectivity index (χ4v) is 3.38. The summed E-state index contributed by atoms with van der Waals surface area (Å²) in [6, 6.07) is 8.15. The minimum Gasteiger partial charge on any atom is -0.493 e. The van der Waals surface area contributed by atoms with Crippen LogP contribution < -0.4 is 5.69 Å². The van der Waals surface area contributed by atoms with Gasteiger partial charge in [-0.05, 0) is 74.5 Å². The molecule has 11 heteroatoms. The minimum absolute atomic E-state index is 0.0275. The first-order chi connectivity index (χ1) is 14.8. The average molecular weight is 467 g/mol. The molecule has 2 aromatic heterocycles. The zero-order chi connectivity index (χ0) is 23.7. The predicted molar refractivity (Wildman–Crippen MR) is 112 cm³/mol. The number of esters is 1. The maximum Gasteiger partial charge on any atom is 0.446 e. The SMILES string of the molecule is CC(C)(C)OC(=O)c1cc(Cn2cc(O)n(-c3ccc(SC(F)(F)F)cc3)c2=O)ccn1. The monoisotopic (exact) mass is 467 g/mol. The van der Waals surface area contributed by atoms with Crippen molar-refractivity contribution in [3.63, 3.8) is 0 Å². The van der Waals surface area contributed by atoms with Crippen LogP contribution in [-0.2, 0) is 11.3 Å². The summed E-state index contributed by atoms with van der Waals surface area (Å²) in [6.07, 6.45) is 2.61. The second-order valence-electron chi connectivity index (χ2n) is 7.83. The highest BCUT2D eigenvalue weighted by molar-refractivity contribution is 8.00. The topological polar surface area (TPSA) is 86.4 Å². The van der Waals surface area contributed by atoms with Crippen LogP contribution >= 0.6 is 11.8 Å². The van der Waals surface area contributed by atoms with Gasteiger partial charge in [-0.15, -0.1) is 0 Å². The van der Waals surface area contributed by atoms with E-state index in [1.165, 1.54) is 47.3 Å². The molecular formula is C21H20F3N3O4S. The molecule has 3 rings (SSSR count). The molecule has 0 spiro atoms. The molecule has 0 aliphatic heterocycles. The highest BCUT2D eigenvalue weighted by atomic mass is 32.2. The van der Waals surface area contributed by atoms with Crippen LogP contribution in [0, 0.1) is 0 Å². The molecule has 0 radical (unpaired) electrons. The van der Waals surface area contributed by atoms with E-state index in [-0.39, 0.29) is 40.5 Å². The van der Waals surface area contributed by atoms with Crippen molar-refractivity contribution in [2.75, 3.05) is 0 Å². The molecule has 0 aliphatic carbocycles. The number of hydrogen-bond acceptors (Lipinski definition) is 6. The van der Waals surface area contributed by atoms with Gasteiger partial charge in [-0.2, -0.15) is 13.2 Å². The molecule has 32 heavy (non-hydrogen) atoms. The molecule has 7 nitrogen and oxygen atoms in total. The van der Waals surface area contributed by atoms with Crippen LogP contribution in [0.15, 0.2) is 58.5 Å². The lowest BCUT2D eigenvalue weighted by Crippen LogP contribution is -2.25. The van der Waals surface area contributed by atoms with Crippen LogP contribution in [0.25, 0.3) is 5.69 Å². The smallest absolute Gasteiger partial charge is 0.446 e. The Labute approximate surface area is 185 Å². The van der Waals surface area contributed by atoms with Gasteiger partial charge in [-0.3, -0.25) is 4.57 Å². The third kappa shape index (κ3) is 5.94. The average Bonchev–Trinajstić information content (AvgIpc) is 2.93. The maximum atomic E-state index is 12.8. The van der Waals surface area contributed by atoms with E-state index in [0.717, 1.165) is 4.57 Å². The summed E-state index contributed by atoms with van der Waals surface area (Å²) in [4.78, 5) is 29.0. The lowest BCUT2D eigenvalue weighted by molar-refractivity contribution is -0.0328. The molecule has 0 atom stereocenters. The van der Waals surface area contributed by atoms with E-state index in [1.807, 2.05) is 0 Å². The van der Waals surface area contributed by atoms with Gasteiger partial charge in [0, 0.05) is 11.1 Å². The van der Waals surface area contributed by atoms with Crippen LogP contribution in [0.4, 0.5) is 13.2 Å². The first-order valence-electron chi connectivity index (χ1n) is 9.38. The number of carbonyl (C=O) groups is 1. The third-order valence-corrected chi connectivity index (χ3v) is 4.79. The molecule has 0 fully saturated rings. The normalized spacial score (nSPS) is 12.1. The number of nitrogens with zero attached hydrogens (tertiary/aromatic N) is 3. The van der Waals surface area contributed by atoms with Gasteiger partial charge in [0.2, 0.25) is 5.88 Å². The summed E-state index contributed by atoms with van der Waals surface area (Å²) in [7, 11) is 0. The quantitative estimate of drug-likeness (QED) is 0.443. The molecule has 0 saturated heterocycles. The highest BCUT2D eigenvalue weighted by Crippen LogP contribution is 2.37. The van der Waals surface area contributed by atoms with E-state index in [0.29, 0.717) is 5.56 Å². The predicted octanol–water partition coefficient (Wildman–Crippen LogP) is 4.36. The second-order valence-corrected chi connectivity index (χ2v) is 8.96. The minimum atomic E-state index is -4.42. The van der Waals surface area contributed by atoms with Crippen molar-refractivity contribution in [2.24, 2.45) is 0 Å². The maximum absolute atomic E-state index is 12.8. The second kappa shape index (κ2) is 8.73. The van der Waals surface area contributed by atoms with Crippen LogP contribution in [0.3, 0.4) is 0 Å². The number of benzene rings is 1. The Morgan fingerprint density at radius 1 is 1.16 bits per heavy atom. The molecule has 0 unspecified atom stereocenters. The Hall–Kier alpha value is -3.21. The van der Waals surface area contributed by atoms with Gasteiger partial charge in [0.1, 0.15) is 11.3 Å². The van der Waals surface area contributed by atoms with Gasteiger partial charge in [0.05, 0.1) is 18.4 Å². The van der Waals surface area contributed by atoms with E-state index >= 15 is 0 Å². The zero-order valence-electron chi connectivity index (χ0n) is 17.4. The molecule has 2 heterocycles. The van der Waals surface area contributed by atoms with E-state index in [9.17, 15) is 27.9 Å². The molecule has 0 bridgehead atoms. The summed E-state index contributed by atoms with van der Waals surface area (Å²) in [5, 5.41) is 10.2. The van der Waals surface area contributed by atoms with E-state index in [2.05, 4.69) is 4.98 Å². The summed E-state index contributed by atoms with van der Waals surface area (Å²) < 4.78 is 44.9. The molecule has 0 saturated carbocycles. The zero-order valence-corrected chi connectivity index (χ0v) is 18.2. The fourth-order valence-electron chi connectivity index (χ4n) is 2.84. The standard InChI is InChI=1S/C21H20F3N3O4S/c1-20(2,3)31-18(29)16-10-13(8-9-25-16)11-26-12-17(28)27(19(26)30)14-4-6-15(7-5-14)32-21(22,23)24/h4-10,12,28H,11H2,1-3H3. The number of hydrogen-bond donors (Lipinski definition) is 1. The Morgan fingerprint density at radius 3 is 2.41 bits per heavy atom. The summed E-state index contributed by atoms with van der Waals surface area (Å²) >= 11 is -0.272. The first kappa shape index (κ1) is 23.5. The van der Waals surface area contributed by atoms with Crippen LogP contribution in [0.2, 0.25) is 0 Å². The molecule has 0 aliphatic rings. The Balaban J connectivity index is 1.84. The Bertz CT molecular complexity index is 1180. The number of rotatable bonds is 5. The van der Waals surface area contributed by atoms with Crippen molar-refractivity contribution >= 4 is 17.7 Å². The Morgan fingerprint density at radius 2 is 1.81 bits per heavy atom. The van der Waals surface area contributed by atoms with Gasteiger partial charge >= 0.3 is 17.2 Å². The molecule has 0 amide bonds. The Kier molecular flexibility index (Phi) is 6.40. The van der Waals surface area contributed by atoms with E-state index < -0.39 is 22.8 Å². The van der Waals surface area contributed by atoms with E-state index in [1.54, 1.807) is 26.8 Å². The largest absolute Gasteiger partial charge is 0.493 e. The van der Waals surface area contributed by atoms with Crippen molar-refractivity contribution in [3.05, 3.63) is 70.5 Å². The lowest BCUT2D eigenvalue weighted by atomic mass is 10.2. The van der Waals surface area contributed by atoms with Gasteiger partial charge in [-0.25, -0.2) is 19.1 Å². The number of pyridine rings is 1. The molecule has 1 N–H and O–H groups in total. The fraction of sp³-hybridized carbons (Fsp3) is 0.286. The number of thioether (sulfide) groups is 1. The molecule has 3 aromatic rings. The van der Waals surface area contributed by atoms with Crippen molar-refractivity contribution in [1.29, 1.82) is 0 Å². The summed E-state index contributed by atoms with van der Waals surface area (Å²) in [5.41, 5.74) is -4.87. The molecule has 170 valence electrons. The van der Waals surface area contributed by atoms with Crippen LogP contribution in [0.1, 0.15) is 36.8 Å². The number of alkyl halides is 3. The number of halogens is 3. The van der Waals surface area contributed by atoms with Crippen molar-refractivity contribution < 1.29 is 27.8 Å². The first-order valence-corrected chi connectivity index (χ1v) is 10.2. The van der Waals surface area contributed by atoms with Crippen LogP contribution in [0.5, 0.6) is 5.88 Å². The lowest BCUT2D eigenvalue weighted by Gasteiger charge is -2.19. The van der Waals surface area contributed by atoms with Gasteiger partial charge in [0.25, 0.3) is 0 Å². The number of imidazole rings is 1. The summed E-state index contributed by atoms with van der Waals surface area (Å²) in [6.45, 7) is 5.22. The van der Waals surface area contributed by atoms with Gasteiger partial charge in [-0.1, -0.05) is 0 Å². The number of aromatic nitrogens is 3. The van der Waals surface area contributed by atoms with E-state index in [4.69, 9.17) is 4.74 Å². The summed E-state index contributed by atoms with van der Waals surface area (Å²) in [5.74, 6) is -0.989. The molecular weight excluding hydrogens is 447 g/mol. The van der Waals surface area contributed by atoms with Gasteiger partial charge in [0.15, 0.2) is 0 Å². The van der Waals surface area contributed by atoms with Crippen molar-refractivity contribution in [1.82, 2.24) is 14.1 Å². The number of carbonyl (C=O) groups excluding carboxylic acids is 1. The third-order valence-electron chi connectivity index (χ3n) is 4.05. The number of aromatic hydroxyl groups is 1.